The fraction of sp³-hybridized carbons (Fsp3) is 0.182. The van der Waals surface area contributed by atoms with Gasteiger partial charge >= 0.3 is 0 Å². The zero-order valence-corrected chi connectivity index (χ0v) is 9.93. The zero-order valence-electron chi connectivity index (χ0n) is 9.93. The van der Waals surface area contributed by atoms with Crippen molar-refractivity contribution in [3.05, 3.63) is 52.1 Å². The summed E-state index contributed by atoms with van der Waals surface area (Å²) in [5.74, 6) is -1.45. The van der Waals surface area contributed by atoms with Crippen molar-refractivity contribution in [3.63, 3.8) is 0 Å². The molecule has 1 aromatic heterocycles. The van der Waals surface area contributed by atoms with Crippen LogP contribution >= 0.6 is 0 Å². The number of nitrogens with zero attached hydrogens (tertiary/aromatic N) is 3. The predicted molar refractivity (Wildman–Crippen MR) is 63.5 cm³/mol. The zero-order chi connectivity index (χ0) is 14.0. The smallest absolute Gasteiger partial charge is 0.275 e. The monoisotopic (exact) mass is 268 g/mol. The Morgan fingerprint density at radius 1 is 1.42 bits per heavy atom. The maximum atomic E-state index is 13.6. The standard InChI is InChI=1S/C11H10F2N4O2/c1-16-3-2-14-10(16)6-15-11-8(12)4-7(17(18)19)5-9(11)13/h2-5,15H,6H2,1H3. The maximum absolute atomic E-state index is 13.6. The van der Waals surface area contributed by atoms with Gasteiger partial charge in [-0.1, -0.05) is 0 Å². The van der Waals surface area contributed by atoms with Crippen molar-refractivity contribution in [1.29, 1.82) is 0 Å². The highest BCUT2D eigenvalue weighted by Crippen LogP contribution is 2.25. The van der Waals surface area contributed by atoms with Crippen LogP contribution in [-0.2, 0) is 13.6 Å². The van der Waals surface area contributed by atoms with Crippen LogP contribution in [0.25, 0.3) is 0 Å². The molecule has 0 atom stereocenters. The van der Waals surface area contributed by atoms with E-state index in [4.69, 9.17) is 0 Å². The lowest BCUT2D eigenvalue weighted by atomic mass is 10.2. The average molecular weight is 268 g/mol. The fourth-order valence-corrected chi connectivity index (χ4v) is 1.57. The molecular formula is C11H10F2N4O2. The van der Waals surface area contributed by atoms with E-state index < -0.39 is 27.9 Å². The highest BCUT2D eigenvalue weighted by Gasteiger charge is 2.17. The van der Waals surface area contributed by atoms with Crippen LogP contribution in [0.1, 0.15) is 5.82 Å². The normalized spacial score (nSPS) is 10.5. The number of non-ortho nitro benzene ring substituents is 1. The van der Waals surface area contributed by atoms with Gasteiger partial charge in [0.15, 0.2) is 11.6 Å². The minimum Gasteiger partial charge on any atom is -0.373 e. The lowest BCUT2D eigenvalue weighted by Crippen LogP contribution is -2.08. The van der Waals surface area contributed by atoms with Gasteiger partial charge in [0.2, 0.25) is 0 Å². The number of nitro groups is 1. The van der Waals surface area contributed by atoms with Gasteiger partial charge in [-0.25, -0.2) is 13.8 Å². The number of imidazole rings is 1. The number of aromatic nitrogens is 2. The molecule has 6 nitrogen and oxygen atoms in total. The van der Waals surface area contributed by atoms with Crippen LogP contribution in [0.2, 0.25) is 0 Å². The topological polar surface area (TPSA) is 73.0 Å². The van der Waals surface area contributed by atoms with Gasteiger partial charge in [-0.15, -0.1) is 0 Å². The Morgan fingerprint density at radius 2 is 2.05 bits per heavy atom. The number of halogens is 2. The molecule has 19 heavy (non-hydrogen) atoms. The molecule has 8 heteroatoms. The van der Waals surface area contributed by atoms with Crippen LogP contribution in [0.5, 0.6) is 0 Å². The van der Waals surface area contributed by atoms with Crippen molar-refractivity contribution in [2.75, 3.05) is 5.32 Å². The molecule has 0 aliphatic rings. The Morgan fingerprint density at radius 3 is 2.53 bits per heavy atom. The third-order valence-corrected chi connectivity index (χ3v) is 2.58. The van der Waals surface area contributed by atoms with Crippen LogP contribution in [0.3, 0.4) is 0 Å². The fourth-order valence-electron chi connectivity index (χ4n) is 1.57. The molecule has 0 radical (unpaired) electrons. The number of nitro benzene ring substituents is 1. The van der Waals surface area contributed by atoms with Crippen molar-refractivity contribution >= 4 is 11.4 Å². The summed E-state index contributed by atoms with van der Waals surface area (Å²) >= 11 is 0. The number of aryl methyl sites for hydroxylation is 1. The molecule has 0 saturated heterocycles. The molecule has 1 aromatic carbocycles. The van der Waals surface area contributed by atoms with Crippen molar-refractivity contribution in [3.8, 4) is 0 Å². The summed E-state index contributed by atoms with van der Waals surface area (Å²) in [6.07, 6.45) is 3.25. The molecule has 2 rings (SSSR count). The number of anilines is 1. The van der Waals surface area contributed by atoms with Gasteiger partial charge in [0.25, 0.3) is 5.69 Å². The molecule has 1 N–H and O–H groups in total. The number of nitrogens with one attached hydrogen (secondary N) is 1. The Hall–Kier alpha value is -2.51. The van der Waals surface area contributed by atoms with Crippen LogP contribution in [0, 0.1) is 21.7 Å². The summed E-state index contributed by atoms with van der Waals surface area (Å²) in [5.41, 5.74) is -1.04. The Labute approximate surface area is 106 Å². The number of rotatable bonds is 4. The van der Waals surface area contributed by atoms with Gasteiger partial charge in [0.1, 0.15) is 11.5 Å². The van der Waals surface area contributed by atoms with Crippen LogP contribution < -0.4 is 5.32 Å². The molecule has 0 unspecified atom stereocenters. The SMILES string of the molecule is Cn1ccnc1CNc1c(F)cc([N+](=O)[O-])cc1F. The molecule has 0 bridgehead atoms. The number of benzene rings is 1. The van der Waals surface area contributed by atoms with Crippen LogP contribution in [0.15, 0.2) is 24.5 Å². The third kappa shape index (κ3) is 2.67. The predicted octanol–water partition coefficient (Wildman–Crippen LogP) is 2.22. The van der Waals surface area contributed by atoms with E-state index >= 15 is 0 Å². The van der Waals surface area contributed by atoms with Crippen molar-refractivity contribution in [2.24, 2.45) is 7.05 Å². The lowest BCUT2D eigenvalue weighted by Gasteiger charge is -2.08. The van der Waals surface area contributed by atoms with Crippen LogP contribution in [-0.4, -0.2) is 14.5 Å². The third-order valence-electron chi connectivity index (χ3n) is 2.58. The quantitative estimate of drug-likeness (QED) is 0.681. The van der Waals surface area contributed by atoms with Gasteiger partial charge in [-0.2, -0.15) is 0 Å². The van der Waals surface area contributed by atoms with E-state index in [1.54, 1.807) is 24.0 Å². The van der Waals surface area contributed by atoms with Gasteiger partial charge < -0.3 is 9.88 Å². The summed E-state index contributed by atoms with van der Waals surface area (Å²) < 4.78 is 28.8. The van der Waals surface area contributed by atoms with Crippen molar-refractivity contribution in [1.82, 2.24) is 9.55 Å². The average Bonchev–Trinajstić information content (AvgIpc) is 2.73. The Kier molecular flexibility index (Phi) is 3.41. The van der Waals surface area contributed by atoms with Crippen LogP contribution in [0.4, 0.5) is 20.2 Å². The second-order valence-corrected chi connectivity index (χ2v) is 3.85. The molecule has 1 heterocycles. The van der Waals surface area contributed by atoms with Gasteiger partial charge in [0.05, 0.1) is 23.6 Å². The van der Waals surface area contributed by atoms with Gasteiger partial charge in [-0.3, -0.25) is 10.1 Å². The van der Waals surface area contributed by atoms with E-state index in [0.29, 0.717) is 18.0 Å². The Bertz CT molecular complexity index is 604. The first-order chi connectivity index (χ1) is 8.99. The molecule has 2 aromatic rings. The van der Waals surface area contributed by atoms with Gasteiger partial charge in [-0.05, 0) is 0 Å². The van der Waals surface area contributed by atoms with Crippen molar-refractivity contribution < 1.29 is 13.7 Å². The van der Waals surface area contributed by atoms with E-state index in [2.05, 4.69) is 10.3 Å². The molecular weight excluding hydrogens is 258 g/mol. The second-order valence-electron chi connectivity index (χ2n) is 3.85. The van der Waals surface area contributed by atoms with E-state index in [-0.39, 0.29) is 6.54 Å². The minimum absolute atomic E-state index is 0.106. The van der Waals surface area contributed by atoms with E-state index in [1.165, 1.54) is 0 Å². The first-order valence-electron chi connectivity index (χ1n) is 5.32. The summed E-state index contributed by atoms with van der Waals surface area (Å²) in [5, 5.41) is 13.0. The minimum atomic E-state index is -1.01. The van der Waals surface area contributed by atoms with E-state index in [1.807, 2.05) is 0 Å². The number of hydrogen-bond acceptors (Lipinski definition) is 4. The molecule has 0 fully saturated rings. The highest BCUT2D eigenvalue weighted by atomic mass is 19.1. The van der Waals surface area contributed by atoms with Crippen molar-refractivity contribution in [2.45, 2.75) is 6.54 Å². The van der Waals surface area contributed by atoms with E-state index in [0.717, 1.165) is 0 Å². The largest absolute Gasteiger partial charge is 0.373 e. The lowest BCUT2D eigenvalue weighted by molar-refractivity contribution is -0.385. The summed E-state index contributed by atoms with van der Waals surface area (Å²) in [4.78, 5) is 13.6. The molecule has 0 spiro atoms. The van der Waals surface area contributed by atoms with E-state index in [9.17, 15) is 18.9 Å². The highest BCUT2D eigenvalue weighted by molar-refractivity contribution is 5.51. The van der Waals surface area contributed by atoms with Gasteiger partial charge in [0, 0.05) is 19.4 Å². The molecule has 0 aliphatic carbocycles. The summed E-state index contributed by atoms with van der Waals surface area (Å²) in [7, 11) is 1.74. The molecule has 0 aliphatic heterocycles. The molecule has 100 valence electrons. The number of hydrogen-bond donors (Lipinski definition) is 1. The Balaban J connectivity index is 2.21. The molecule has 0 amide bonds. The first-order valence-corrected chi connectivity index (χ1v) is 5.32. The summed E-state index contributed by atoms with van der Waals surface area (Å²) in [6.45, 7) is 0.106. The second kappa shape index (κ2) is 5.01. The maximum Gasteiger partial charge on any atom is 0.275 e. The summed E-state index contributed by atoms with van der Waals surface area (Å²) in [6, 6.07) is 1.34. The first kappa shape index (κ1) is 12.9. The molecule has 0 saturated carbocycles.